The van der Waals surface area contributed by atoms with Crippen LogP contribution in [0.5, 0.6) is 0 Å². The van der Waals surface area contributed by atoms with E-state index < -0.39 is 59.0 Å². The largest absolute Gasteiger partial charge is 0.460 e. The van der Waals surface area contributed by atoms with Crippen molar-refractivity contribution < 1.29 is 48.7 Å². The number of ketones is 1. The Kier molecular flexibility index (Phi) is 4.01. The quantitative estimate of drug-likeness (QED) is 0.463. The Labute approximate surface area is 109 Å². The predicted molar refractivity (Wildman–Crippen MR) is 46.6 cm³/mol. The third kappa shape index (κ3) is 2.68. The molecule has 0 aliphatic heterocycles. The fourth-order valence-electron chi connectivity index (χ4n) is 1.19. The van der Waals surface area contributed by atoms with E-state index in [0.29, 0.717) is 0 Å². The lowest BCUT2D eigenvalue weighted by Gasteiger charge is -2.27. The van der Waals surface area contributed by atoms with Crippen LogP contribution in [0, 0.1) is 17.5 Å². The van der Waals surface area contributed by atoms with Crippen molar-refractivity contribution in [2.24, 2.45) is 0 Å². The van der Waals surface area contributed by atoms with Gasteiger partial charge in [0.2, 0.25) is 5.78 Å². The molecule has 0 atom stereocenters. The molecule has 21 heavy (non-hydrogen) atoms. The molecule has 0 heterocycles. The minimum atomic E-state index is -6.83. The van der Waals surface area contributed by atoms with Crippen molar-refractivity contribution in [1.82, 2.24) is 0 Å². The zero-order chi connectivity index (χ0) is 16.8. The van der Waals surface area contributed by atoms with E-state index in [1.807, 2.05) is 0 Å². The minimum Gasteiger partial charge on any atom is -0.287 e. The Balaban J connectivity index is 3.40. The number of carbonyl (C=O) groups is 1. The lowest BCUT2D eigenvalue weighted by Crippen LogP contribution is -2.56. The van der Waals surface area contributed by atoms with Crippen LogP contribution in [-0.2, 0) is 0 Å². The molecule has 1 aromatic carbocycles. The molecule has 0 saturated carbocycles. The fourth-order valence-corrected chi connectivity index (χ4v) is 1.19. The molecule has 1 rings (SSSR count). The van der Waals surface area contributed by atoms with Crippen molar-refractivity contribution in [3.8, 4) is 0 Å². The zero-order valence-corrected chi connectivity index (χ0v) is 9.34. The Morgan fingerprint density at radius 2 is 1.19 bits per heavy atom. The van der Waals surface area contributed by atoms with Crippen LogP contribution in [0.2, 0.25) is 0 Å². The van der Waals surface area contributed by atoms with E-state index in [-0.39, 0.29) is 0 Å². The number of Topliss-reactive ketones (excluding diaryl/α,β-unsaturated/α-hetero) is 1. The molecular formula is C10H2F10O. The summed E-state index contributed by atoms with van der Waals surface area (Å²) < 4.78 is 125. The smallest absolute Gasteiger partial charge is 0.287 e. The number of halogens is 10. The first-order valence-electron chi connectivity index (χ1n) is 4.75. The van der Waals surface area contributed by atoms with Crippen molar-refractivity contribution in [3.63, 3.8) is 0 Å². The van der Waals surface area contributed by atoms with E-state index in [2.05, 4.69) is 0 Å². The second kappa shape index (κ2) is 4.88. The number of carbonyl (C=O) groups excluding carboxylic acids is 1. The van der Waals surface area contributed by atoms with Crippen LogP contribution in [-0.4, -0.2) is 23.8 Å². The van der Waals surface area contributed by atoms with Crippen LogP contribution in [0.3, 0.4) is 0 Å². The average molecular weight is 328 g/mol. The van der Waals surface area contributed by atoms with Gasteiger partial charge in [0.05, 0.1) is 5.56 Å². The molecule has 0 aliphatic carbocycles. The predicted octanol–water partition coefficient (Wildman–Crippen LogP) is 4.12. The minimum absolute atomic E-state index is 0.440. The third-order valence-corrected chi connectivity index (χ3v) is 2.29. The molecule has 1 aromatic rings. The summed E-state index contributed by atoms with van der Waals surface area (Å²) in [6, 6.07) is -0.974. The van der Waals surface area contributed by atoms with Gasteiger partial charge in [0.25, 0.3) is 0 Å². The highest BCUT2D eigenvalue weighted by Gasteiger charge is 2.76. The van der Waals surface area contributed by atoms with Gasteiger partial charge in [-0.25, -0.2) is 13.2 Å². The van der Waals surface area contributed by atoms with E-state index in [4.69, 9.17) is 0 Å². The summed E-state index contributed by atoms with van der Waals surface area (Å²) >= 11 is 0. The molecule has 0 unspecified atom stereocenters. The highest BCUT2D eigenvalue weighted by atomic mass is 19.4. The standard InChI is InChI=1S/C10H2F10O/c11-4-2-6(13)5(12)1-3(4)7(21)8(14,15)9(16,17)10(18,19)20/h1-2H. The summed E-state index contributed by atoms with van der Waals surface area (Å²) in [5.74, 6) is -22.8. The maximum Gasteiger partial charge on any atom is 0.460 e. The summed E-state index contributed by atoms with van der Waals surface area (Å²) in [7, 11) is 0. The molecule has 0 N–H and O–H groups in total. The SMILES string of the molecule is O=C(c1cc(F)c(F)cc1F)C(F)(F)C(F)(F)C(F)(F)F. The van der Waals surface area contributed by atoms with Crippen LogP contribution in [0.4, 0.5) is 43.9 Å². The average Bonchev–Trinajstić information content (AvgIpc) is 2.31. The molecule has 0 aliphatic rings. The van der Waals surface area contributed by atoms with Gasteiger partial charge in [-0.15, -0.1) is 0 Å². The van der Waals surface area contributed by atoms with E-state index in [1.54, 1.807) is 0 Å². The van der Waals surface area contributed by atoms with Crippen molar-refractivity contribution >= 4 is 5.78 Å². The van der Waals surface area contributed by atoms with Crippen LogP contribution >= 0.6 is 0 Å². The maximum absolute atomic E-state index is 13.0. The molecule has 1 nitrogen and oxygen atoms in total. The first-order valence-corrected chi connectivity index (χ1v) is 4.75. The van der Waals surface area contributed by atoms with Gasteiger partial charge in [-0.2, -0.15) is 30.7 Å². The van der Waals surface area contributed by atoms with Gasteiger partial charge in [0.1, 0.15) is 5.82 Å². The van der Waals surface area contributed by atoms with E-state index in [1.165, 1.54) is 0 Å². The molecule has 0 radical (unpaired) electrons. The van der Waals surface area contributed by atoms with E-state index >= 15 is 0 Å². The van der Waals surface area contributed by atoms with Crippen LogP contribution < -0.4 is 0 Å². The third-order valence-electron chi connectivity index (χ3n) is 2.29. The second-order valence-electron chi connectivity index (χ2n) is 3.72. The number of rotatable bonds is 3. The molecule has 0 aromatic heterocycles. The molecule has 0 amide bonds. The molecule has 0 fully saturated rings. The highest BCUT2D eigenvalue weighted by molar-refractivity contribution is 6.02. The van der Waals surface area contributed by atoms with Gasteiger partial charge in [-0.1, -0.05) is 0 Å². The van der Waals surface area contributed by atoms with Crippen molar-refractivity contribution in [1.29, 1.82) is 0 Å². The number of hydrogen-bond acceptors (Lipinski definition) is 1. The van der Waals surface area contributed by atoms with E-state index in [9.17, 15) is 48.7 Å². The summed E-state index contributed by atoms with van der Waals surface area (Å²) in [6.07, 6.45) is -6.82. The van der Waals surface area contributed by atoms with Crippen LogP contribution in [0.1, 0.15) is 10.4 Å². The van der Waals surface area contributed by atoms with Crippen molar-refractivity contribution in [2.75, 3.05) is 0 Å². The maximum atomic E-state index is 13.0. The highest BCUT2D eigenvalue weighted by Crippen LogP contribution is 2.47. The van der Waals surface area contributed by atoms with Crippen LogP contribution in [0.25, 0.3) is 0 Å². The number of hydrogen-bond donors (Lipinski definition) is 0. The molecule has 0 bridgehead atoms. The normalized spacial score (nSPS) is 13.4. The van der Waals surface area contributed by atoms with Gasteiger partial charge in [0, 0.05) is 6.07 Å². The van der Waals surface area contributed by atoms with Gasteiger partial charge >= 0.3 is 18.0 Å². The lowest BCUT2D eigenvalue weighted by atomic mass is 9.99. The summed E-state index contributed by atoms with van der Waals surface area (Å²) in [5.41, 5.74) is -2.14. The second-order valence-corrected chi connectivity index (χ2v) is 3.72. The Morgan fingerprint density at radius 3 is 1.62 bits per heavy atom. The number of alkyl halides is 7. The Bertz CT molecular complexity index is 574. The topological polar surface area (TPSA) is 17.1 Å². The first kappa shape index (κ1) is 17.2. The molecular weight excluding hydrogens is 326 g/mol. The summed E-state index contributed by atoms with van der Waals surface area (Å²) in [4.78, 5) is 11.0. The molecule has 118 valence electrons. The molecule has 0 saturated heterocycles. The zero-order valence-electron chi connectivity index (χ0n) is 9.34. The fraction of sp³-hybridized carbons (Fsp3) is 0.300. The van der Waals surface area contributed by atoms with Crippen molar-refractivity contribution in [3.05, 3.63) is 35.1 Å². The monoisotopic (exact) mass is 328 g/mol. The van der Waals surface area contributed by atoms with Gasteiger partial charge in [-0.3, -0.25) is 4.79 Å². The van der Waals surface area contributed by atoms with Gasteiger partial charge in [0.15, 0.2) is 11.6 Å². The summed E-state index contributed by atoms with van der Waals surface area (Å²) in [6.45, 7) is 0. The first-order chi connectivity index (χ1) is 9.23. The van der Waals surface area contributed by atoms with Crippen LogP contribution in [0.15, 0.2) is 12.1 Å². The molecule has 11 heteroatoms. The summed E-state index contributed by atoms with van der Waals surface area (Å²) in [5, 5.41) is 0. The molecule has 0 spiro atoms. The van der Waals surface area contributed by atoms with E-state index in [0.717, 1.165) is 0 Å². The Hall–Kier alpha value is -1.81. The lowest BCUT2D eigenvalue weighted by molar-refractivity contribution is -0.339. The Morgan fingerprint density at radius 1 is 0.762 bits per heavy atom. The van der Waals surface area contributed by atoms with Gasteiger partial charge < -0.3 is 0 Å². The van der Waals surface area contributed by atoms with Gasteiger partial charge in [-0.05, 0) is 6.07 Å². The number of benzene rings is 1. The van der Waals surface area contributed by atoms with Crippen molar-refractivity contribution in [2.45, 2.75) is 18.0 Å².